The van der Waals surface area contributed by atoms with Crippen LogP contribution in [0.25, 0.3) is 0 Å². The minimum atomic E-state index is -0.952. The molecule has 0 fully saturated rings. The molecule has 1 aromatic rings. The lowest BCUT2D eigenvalue weighted by atomic mass is 10.2. The standard InChI is InChI=1S/C11H10ClNO6.ClH/c12-8-5-9(13(17)18)7(6-14)4-10(8)19-3-1-2-11(15)16;/h4-6H,1-3H2,(H,15,16);1H. The number of carbonyl (C=O) groups excluding carboxylic acids is 1. The van der Waals surface area contributed by atoms with Crippen LogP contribution in [-0.2, 0) is 4.79 Å². The molecular weight excluding hydrogens is 313 g/mol. The molecule has 110 valence electrons. The molecule has 0 unspecified atom stereocenters. The summed E-state index contributed by atoms with van der Waals surface area (Å²) >= 11 is 5.78. The van der Waals surface area contributed by atoms with Crippen LogP contribution in [0.2, 0.25) is 5.02 Å². The van der Waals surface area contributed by atoms with Crippen molar-refractivity contribution >= 4 is 42.0 Å². The molecule has 1 N–H and O–H groups in total. The molecule has 1 aromatic carbocycles. The first kappa shape index (κ1) is 18.1. The van der Waals surface area contributed by atoms with Gasteiger partial charge in [0.05, 0.1) is 22.1 Å². The van der Waals surface area contributed by atoms with Crippen LogP contribution in [0.15, 0.2) is 12.1 Å². The van der Waals surface area contributed by atoms with E-state index in [1.54, 1.807) is 0 Å². The molecule has 20 heavy (non-hydrogen) atoms. The Morgan fingerprint density at radius 1 is 1.50 bits per heavy atom. The Labute approximate surface area is 125 Å². The maximum Gasteiger partial charge on any atom is 0.303 e. The van der Waals surface area contributed by atoms with Gasteiger partial charge in [-0.2, -0.15) is 0 Å². The maximum absolute atomic E-state index is 10.7. The average molecular weight is 324 g/mol. The van der Waals surface area contributed by atoms with E-state index >= 15 is 0 Å². The first-order valence-electron chi connectivity index (χ1n) is 5.23. The molecule has 1 rings (SSSR count). The number of hydrogen-bond donors (Lipinski definition) is 1. The quantitative estimate of drug-likeness (QED) is 0.358. The smallest absolute Gasteiger partial charge is 0.303 e. The predicted molar refractivity (Wildman–Crippen MR) is 73.1 cm³/mol. The molecule has 0 atom stereocenters. The van der Waals surface area contributed by atoms with E-state index in [-0.39, 0.29) is 48.2 Å². The van der Waals surface area contributed by atoms with Gasteiger partial charge in [0.2, 0.25) is 0 Å². The molecule has 0 spiro atoms. The van der Waals surface area contributed by atoms with Crippen LogP contribution in [0.4, 0.5) is 5.69 Å². The van der Waals surface area contributed by atoms with Gasteiger partial charge in [0.1, 0.15) is 5.75 Å². The van der Waals surface area contributed by atoms with Crippen molar-refractivity contribution in [2.75, 3.05) is 6.61 Å². The summed E-state index contributed by atoms with van der Waals surface area (Å²) in [4.78, 5) is 31.0. The number of hydrogen-bond acceptors (Lipinski definition) is 5. The van der Waals surface area contributed by atoms with E-state index in [1.807, 2.05) is 0 Å². The molecular formula is C11H11Cl2NO6. The number of nitro benzene ring substituents is 1. The third-order valence-corrected chi connectivity index (χ3v) is 2.49. The third-order valence-electron chi connectivity index (χ3n) is 2.20. The van der Waals surface area contributed by atoms with Gasteiger partial charge in [0, 0.05) is 12.5 Å². The number of carboxylic acid groups (broad SMARTS) is 1. The van der Waals surface area contributed by atoms with Crippen LogP contribution in [0.1, 0.15) is 23.2 Å². The third kappa shape index (κ3) is 5.02. The minimum absolute atomic E-state index is 0. The van der Waals surface area contributed by atoms with Crippen LogP contribution < -0.4 is 4.74 Å². The minimum Gasteiger partial charge on any atom is -0.492 e. The van der Waals surface area contributed by atoms with Crippen LogP contribution in [0, 0.1) is 10.1 Å². The number of benzene rings is 1. The van der Waals surface area contributed by atoms with Gasteiger partial charge in [-0.05, 0) is 12.5 Å². The molecule has 0 saturated heterocycles. The van der Waals surface area contributed by atoms with Gasteiger partial charge < -0.3 is 9.84 Å². The summed E-state index contributed by atoms with van der Waals surface area (Å²) in [5.74, 6) is -0.841. The lowest BCUT2D eigenvalue weighted by Gasteiger charge is -2.08. The second kappa shape index (κ2) is 8.34. The van der Waals surface area contributed by atoms with E-state index in [0.717, 1.165) is 12.1 Å². The van der Waals surface area contributed by atoms with E-state index in [4.69, 9.17) is 21.4 Å². The number of rotatable bonds is 7. The van der Waals surface area contributed by atoms with Crippen molar-refractivity contribution < 1.29 is 24.4 Å². The van der Waals surface area contributed by atoms with E-state index in [0.29, 0.717) is 6.29 Å². The molecule has 0 radical (unpaired) electrons. The van der Waals surface area contributed by atoms with Gasteiger partial charge in [0.15, 0.2) is 6.29 Å². The topological polar surface area (TPSA) is 107 Å². The first-order chi connectivity index (χ1) is 8.95. The van der Waals surface area contributed by atoms with Gasteiger partial charge in [-0.3, -0.25) is 19.7 Å². The van der Waals surface area contributed by atoms with Gasteiger partial charge in [0.25, 0.3) is 5.69 Å². The highest BCUT2D eigenvalue weighted by Gasteiger charge is 2.17. The zero-order valence-corrected chi connectivity index (χ0v) is 11.6. The van der Waals surface area contributed by atoms with Crippen molar-refractivity contribution in [3.8, 4) is 5.75 Å². The van der Waals surface area contributed by atoms with E-state index < -0.39 is 16.6 Å². The van der Waals surface area contributed by atoms with Crippen LogP contribution >= 0.6 is 24.0 Å². The van der Waals surface area contributed by atoms with E-state index in [9.17, 15) is 19.7 Å². The van der Waals surface area contributed by atoms with Gasteiger partial charge in [-0.15, -0.1) is 12.4 Å². The highest BCUT2D eigenvalue weighted by atomic mass is 35.5. The SMILES string of the molecule is Cl.O=Cc1cc(OCCCC(=O)O)c(Cl)cc1[N+](=O)[O-]. The van der Waals surface area contributed by atoms with E-state index in [2.05, 4.69) is 0 Å². The fourth-order valence-corrected chi connectivity index (χ4v) is 1.54. The lowest BCUT2D eigenvalue weighted by Crippen LogP contribution is -2.03. The number of aliphatic carboxylic acids is 1. The number of halogens is 2. The summed E-state index contributed by atoms with van der Waals surface area (Å²) in [5.41, 5.74) is -0.555. The predicted octanol–water partition coefficient (Wildman–Crippen LogP) is 2.73. The molecule has 7 nitrogen and oxygen atoms in total. The van der Waals surface area contributed by atoms with Crippen molar-refractivity contribution in [1.82, 2.24) is 0 Å². The number of nitrogens with zero attached hydrogens (tertiary/aromatic N) is 1. The summed E-state index contributed by atoms with van der Waals surface area (Å²) in [6.07, 6.45) is 0.531. The molecule has 0 heterocycles. The van der Waals surface area contributed by atoms with Crippen molar-refractivity contribution in [2.24, 2.45) is 0 Å². The Bertz CT molecular complexity index is 520. The fraction of sp³-hybridized carbons (Fsp3) is 0.273. The Balaban J connectivity index is 0.00000361. The fourth-order valence-electron chi connectivity index (χ4n) is 1.33. The van der Waals surface area contributed by atoms with Crippen molar-refractivity contribution in [3.05, 3.63) is 32.8 Å². The van der Waals surface area contributed by atoms with Crippen LogP contribution in [0.3, 0.4) is 0 Å². The molecule has 0 aliphatic rings. The summed E-state index contributed by atoms with van der Waals surface area (Å²) in [5, 5.41) is 19.1. The number of ether oxygens (including phenoxy) is 1. The largest absolute Gasteiger partial charge is 0.492 e. The van der Waals surface area contributed by atoms with E-state index in [1.165, 1.54) is 0 Å². The van der Waals surface area contributed by atoms with Gasteiger partial charge in [-0.25, -0.2) is 0 Å². The molecule has 0 amide bonds. The maximum atomic E-state index is 10.7. The van der Waals surface area contributed by atoms with Crippen LogP contribution in [0.5, 0.6) is 5.75 Å². The summed E-state index contributed by atoms with van der Waals surface area (Å²) in [6.45, 7) is 0.0854. The second-order valence-electron chi connectivity index (χ2n) is 3.56. The Morgan fingerprint density at radius 3 is 2.65 bits per heavy atom. The number of carbonyl (C=O) groups is 2. The summed E-state index contributed by atoms with van der Waals surface area (Å²) < 4.78 is 5.19. The summed E-state index contributed by atoms with van der Waals surface area (Å²) in [6, 6.07) is 2.19. The molecule has 0 aromatic heterocycles. The highest BCUT2D eigenvalue weighted by Crippen LogP contribution is 2.31. The zero-order chi connectivity index (χ0) is 14.4. The molecule has 0 aliphatic heterocycles. The zero-order valence-electron chi connectivity index (χ0n) is 10.1. The first-order valence-corrected chi connectivity index (χ1v) is 5.61. The Kier molecular flexibility index (Phi) is 7.56. The Morgan fingerprint density at radius 2 is 2.15 bits per heavy atom. The average Bonchev–Trinajstić information content (AvgIpc) is 2.35. The molecule has 0 saturated carbocycles. The number of aldehydes is 1. The monoisotopic (exact) mass is 323 g/mol. The van der Waals surface area contributed by atoms with Crippen LogP contribution in [-0.4, -0.2) is 28.9 Å². The van der Waals surface area contributed by atoms with Crippen molar-refractivity contribution in [1.29, 1.82) is 0 Å². The highest BCUT2D eigenvalue weighted by molar-refractivity contribution is 6.32. The second-order valence-corrected chi connectivity index (χ2v) is 3.97. The summed E-state index contributed by atoms with van der Waals surface area (Å²) in [7, 11) is 0. The number of carboxylic acids is 1. The molecule has 9 heteroatoms. The Hall–Kier alpha value is -1.86. The van der Waals surface area contributed by atoms with Crippen molar-refractivity contribution in [3.63, 3.8) is 0 Å². The number of nitro groups is 1. The molecule has 0 aliphatic carbocycles. The van der Waals surface area contributed by atoms with Crippen molar-refractivity contribution in [2.45, 2.75) is 12.8 Å². The molecule has 0 bridgehead atoms. The normalized spacial score (nSPS) is 9.45. The van der Waals surface area contributed by atoms with Gasteiger partial charge >= 0.3 is 5.97 Å². The van der Waals surface area contributed by atoms with Gasteiger partial charge in [-0.1, -0.05) is 11.6 Å². The lowest BCUT2D eigenvalue weighted by molar-refractivity contribution is -0.385.